The normalized spacial score (nSPS) is 16.8. The third-order valence-electron chi connectivity index (χ3n) is 6.23. The van der Waals surface area contributed by atoms with Gasteiger partial charge in [0.25, 0.3) is 0 Å². The molecular formula is C27H26FNO7. The smallest absolute Gasteiger partial charge is 0.341 e. The number of methoxy groups -OCH3 is 1. The number of carboxylic acid groups (broad SMARTS) is 1. The SMILES string of the molecule is COCCCOc1cc2c(c3c1OC(C)(C)C3)-c1cc(=O)c(C(=O)O)cn1C(c1cccc(F)c1)O2. The lowest BCUT2D eigenvalue weighted by Crippen LogP contribution is -2.28. The number of aromatic carboxylic acids is 1. The van der Waals surface area contributed by atoms with Gasteiger partial charge in [0.05, 0.1) is 12.3 Å². The van der Waals surface area contributed by atoms with E-state index in [1.54, 1.807) is 29.9 Å². The van der Waals surface area contributed by atoms with E-state index in [9.17, 15) is 19.1 Å². The van der Waals surface area contributed by atoms with Gasteiger partial charge in [0.15, 0.2) is 16.9 Å². The van der Waals surface area contributed by atoms with Crippen molar-refractivity contribution >= 4 is 5.97 Å². The summed E-state index contributed by atoms with van der Waals surface area (Å²) in [5.41, 5.74) is 0.776. The quantitative estimate of drug-likeness (QED) is 0.485. The minimum absolute atomic E-state index is 0.397. The molecule has 36 heavy (non-hydrogen) atoms. The van der Waals surface area contributed by atoms with Crippen molar-refractivity contribution in [2.24, 2.45) is 0 Å². The fourth-order valence-corrected chi connectivity index (χ4v) is 4.72. The Morgan fingerprint density at radius 3 is 2.78 bits per heavy atom. The molecule has 2 aromatic carbocycles. The van der Waals surface area contributed by atoms with Gasteiger partial charge in [0.2, 0.25) is 6.23 Å². The lowest BCUT2D eigenvalue weighted by molar-refractivity contribution is 0.0693. The first-order valence-electron chi connectivity index (χ1n) is 11.6. The number of aromatic nitrogens is 1. The molecule has 0 fully saturated rings. The summed E-state index contributed by atoms with van der Waals surface area (Å²) >= 11 is 0. The van der Waals surface area contributed by atoms with Crippen molar-refractivity contribution < 1.29 is 33.2 Å². The van der Waals surface area contributed by atoms with E-state index < -0.39 is 34.6 Å². The highest BCUT2D eigenvalue weighted by Crippen LogP contribution is 2.53. The molecule has 188 valence electrons. The van der Waals surface area contributed by atoms with E-state index in [1.165, 1.54) is 24.4 Å². The number of hydrogen-bond acceptors (Lipinski definition) is 6. The standard InChI is InChI=1S/C27H26FNO7/c1-27(2)13-17-23-19-11-20(30)18(26(31)32)14-29(19)25(15-6-4-7-16(28)10-15)35-21(23)12-22(24(17)36-27)34-9-5-8-33-3/h4,6-7,10-12,14,25H,5,8-9,13H2,1-3H3,(H,31,32). The number of rotatable bonds is 7. The topological polar surface area (TPSA) is 96.2 Å². The van der Waals surface area contributed by atoms with Crippen LogP contribution in [0.2, 0.25) is 0 Å². The second-order valence-electron chi connectivity index (χ2n) is 9.46. The van der Waals surface area contributed by atoms with Crippen molar-refractivity contribution in [2.45, 2.75) is 38.5 Å². The summed E-state index contributed by atoms with van der Waals surface area (Å²) in [5.74, 6) is -0.317. The first kappa shape index (κ1) is 23.9. The van der Waals surface area contributed by atoms with E-state index in [4.69, 9.17) is 18.9 Å². The number of carboxylic acids is 1. The highest BCUT2D eigenvalue weighted by molar-refractivity contribution is 5.88. The first-order valence-corrected chi connectivity index (χ1v) is 11.6. The zero-order valence-electron chi connectivity index (χ0n) is 20.2. The molecule has 1 N–H and O–H groups in total. The maximum absolute atomic E-state index is 14.1. The molecule has 5 rings (SSSR count). The number of benzene rings is 2. The van der Waals surface area contributed by atoms with E-state index in [2.05, 4.69) is 0 Å². The molecule has 8 nitrogen and oxygen atoms in total. The Morgan fingerprint density at radius 2 is 2.06 bits per heavy atom. The third kappa shape index (κ3) is 4.19. The summed E-state index contributed by atoms with van der Waals surface area (Å²) < 4.78 is 39.5. The molecule has 3 heterocycles. The molecule has 1 aromatic heterocycles. The highest BCUT2D eigenvalue weighted by atomic mass is 19.1. The molecule has 0 radical (unpaired) electrons. The van der Waals surface area contributed by atoms with E-state index >= 15 is 0 Å². The van der Waals surface area contributed by atoms with Crippen LogP contribution in [0.4, 0.5) is 4.39 Å². The zero-order chi connectivity index (χ0) is 25.6. The second kappa shape index (κ2) is 8.98. The number of carbonyl (C=O) groups is 1. The van der Waals surface area contributed by atoms with E-state index in [-0.39, 0.29) is 0 Å². The maximum atomic E-state index is 14.1. The van der Waals surface area contributed by atoms with Gasteiger partial charge in [-0.1, -0.05) is 12.1 Å². The largest absolute Gasteiger partial charge is 0.489 e. The average Bonchev–Trinajstić information content (AvgIpc) is 3.15. The molecule has 0 saturated carbocycles. The predicted molar refractivity (Wildman–Crippen MR) is 129 cm³/mol. The Balaban J connectivity index is 1.72. The summed E-state index contributed by atoms with van der Waals surface area (Å²) in [4.78, 5) is 24.5. The van der Waals surface area contributed by atoms with Crippen molar-refractivity contribution in [3.05, 3.63) is 75.3 Å². The van der Waals surface area contributed by atoms with Crippen molar-refractivity contribution in [3.8, 4) is 28.5 Å². The van der Waals surface area contributed by atoms with Crippen molar-refractivity contribution in [1.29, 1.82) is 0 Å². The molecule has 0 amide bonds. The van der Waals surface area contributed by atoms with Crippen molar-refractivity contribution in [3.63, 3.8) is 0 Å². The Kier molecular flexibility index (Phi) is 5.96. The van der Waals surface area contributed by atoms with Crippen LogP contribution in [0, 0.1) is 5.82 Å². The van der Waals surface area contributed by atoms with E-state index in [0.717, 1.165) is 5.56 Å². The molecule has 9 heteroatoms. The van der Waals surface area contributed by atoms with Gasteiger partial charge < -0.3 is 28.6 Å². The Hall–Kier alpha value is -3.85. The van der Waals surface area contributed by atoms with Crippen LogP contribution >= 0.6 is 0 Å². The fourth-order valence-electron chi connectivity index (χ4n) is 4.72. The maximum Gasteiger partial charge on any atom is 0.341 e. The van der Waals surface area contributed by atoms with Gasteiger partial charge in [0.1, 0.15) is 22.7 Å². The number of fused-ring (bicyclic) bond motifs is 5. The molecule has 0 saturated heterocycles. The molecule has 0 spiro atoms. The van der Waals surface area contributed by atoms with Crippen LogP contribution in [-0.4, -0.2) is 41.6 Å². The first-order chi connectivity index (χ1) is 17.2. The van der Waals surface area contributed by atoms with Gasteiger partial charge in [-0.3, -0.25) is 4.79 Å². The summed E-state index contributed by atoms with van der Waals surface area (Å²) in [6.07, 6.45) is 1.54. The van der Waals surface area contributed by atoms with Crippen LogP contribution in [0.3, 0.4) is 0 Å². The lowest BCUT2D eigenvalue weighted by Gasteiger charge is -2.33. The number of halogens is 1. The molecule has 0 bridgehead atoms. The zero-order valence-corrected chi connectivity index (χ0v) is 20.2. The van der Waals surface area contributed by atoms with Crippen LogP contribution in [0.5, 0.6) is 17.2 Å². The Labute approximate surface area is 206 Å². The summed E-state index contributed by atoms with van der Waals surface area (Å²) in [7, 11) is 1.62. The van der Waals surface area contributed by atoms with Crippen LogP contribution in [-0.2, 0) is 11.2 Å². The molecule has 1 atom stereocenters. The summed E-state index contributed by atoms with van der Waals surface area (Å²) in [6.45, 7) is 4.84. The van der Waals surface area contributed by atoms with Gasteiger partial charge in [0, 0.05) is 61.6 Å². The van der Waals surface area contributed by atoms with E-state index in [1.807, 2.05) is 13.8 Å². The van der Waals surface area contributed by atoms with Crippen LogP contribution in [0.15, 0.2) is 47.4 Å². The highest BCUT2D eigenvalue weighted by Gasteiger charge is 2.40. The van der Waals surface area contributed by atoms with Crippen LogP contribution < -0.4 is 19.6 Å². The van der Waals surface area contributed by atoms with Crippen molar-refractivity contribution in [2.75, 3.05) is 20.3 Å². The van der Waals surface area contributed by atoms with Gasteiger partial charge in [-0.25, -0.2) is 9.18 Å². The third-order valence-corrected chi connectivity index (χ3v) is 6.23. The number of pyridine rings is 1. The van der Waals surface area contributed by atoms with Crippen LogP contribution in [0.1, 0.15) is 48.0 Å². The fraction of sp³-hybridized carbons (Fsp3) is 0.333. The van der Waals surface area contributed by atoms with Gasteiger partial charge in [-0.15, -0.1) is 0 Å². The molecule has 2 aliphatic rings. The minimum atomic E-state index is -1.35. The molecule has 2 aliphatic heterocycles. The summed E-state index contributed by atoms with van der Waals surface area (Å²) in [5, 5.41) is 9.58. The minimum Gasteiger partial charge on any atom is -0.489 e. The molecular weight excluding hydrogens is 469 g/mol. The molecule has 0 aliphatic carbocycles. The number of hydrogen-bond donors (Lipinski definition) is 1. The number of ether oxygens (including phenoxy) is 4. The van der Waals surface area contributed by atoms with Gasteiger partial charge in [-0.2, -0.15) is 0 Å². The molecule has 1 unspecified atom stereocenters. The van der Waals surface area contributed by atoms with Crippen molar-refractivity contribution in [1.82, 2.24) is 4.57 Å². The van der Waals surface area contributed by atoms with E-state index in [0.29, 0.717) is 60.1 Å². The summed E-state index contributed by atoms with van der Waals surface area (Å²) in [6, 6.07) is 8.87. The lowest BCUT2D eigenvalue weighted by atomic mass is 9.93. The molecule has 3 aromatic rings. The Morgan fingerprint density at radius 1 is 1.25 bits per heavy atom. The van der Waals surface area contributed by atoms with Gasteiger partial charge >= 0.3 is 5.97 Å². The van der Waals surface area contributed by atoms with Gasteiger partial charge in [-0.05, 0) is 26.0 Å². The second-order valence-corrected chi connectivity index (χ2v) is 9.46. The monoisotopic (exact) mass is 495 g/mol. The average molecular weight is 496 g/mol. The predicted octanol–water partition coefficient (Wildman–Crippen LogP) is 4.42. The van der Waals surface area contributed by atoms with Crippen LogP contribution in [0.25, 0.3) is 11.3 Å². The number of nitrogens with zero attached hydrogens (tertiary/aromatic N) is 1. The Bertz CT molecular complexity index is 1410.